The van der Waals surface area contributed by atoms with Crippen molar-refractivity contribution in [1.29, 1.82) is 0 Å². The molecule has 0 aromatic rings. The summed E-state index contributed by atoms with van der Waals surface area (Å²) in [6.07, 6.45) is 9.70. The first-order chi connectivity index (χ1) is 7.09. The Kier molecular flexibility index (Phi) is 2.86. The Hall–Kier alpha value is -0.780. The summed E-state index contributed by atoms with van der Waals surface area (Å²) in [7, 11) is 0. The molecule has 0 spiro atoms. The van der Waals surface area contributed by atoms with Gasteiger partial charge >= 0.3 is 0 Å². The Labute approximate surface area is 93.8 Å². The van der Waals surface area contributed by atoms with Gasteiger partial charge in [-0.15, -0.1) is 0 Å². The third-order valence-corrected chi connectivity index (χ3v) is 3.66. The van der Waals surface area contributed by atoms with Crippen LogP contribution < -0.4 is 0 Å². The second-order valence-electron chi connectivity index (χ2n) is 5.46. The summed E-state index contributed by atoms with van der Waals surface area (Å²) in [4.78, 5) is 0. The minimum Gasteiger partial charge on any atom is -0.0765 e. The summed E-state index contributed by atoms with van der Waals surface area (Å²) in [5, 5.41) is 0. The highest BCUT2D eigenvalue weighted by atomic mass is 14.4. The van der Waals surface area contributed by atoms with Gasteiger partial charge in [-0.1, -0.05) is 50.1 Å². The minimum absolute atomic E-state index is 0.762. The van der Waals surface area contributed by atoms with E-state index < -0.39 is 0 Å². The van der Waals surface area contributed by atoms with Gasteiger partial charge in [0.2, 0.25) is 0 Å². The predicted octanol–water partition coefficient (Wildman–Crippen LogP) is 4.50. The highest BCUT2D eigenvalue weighted by Gasteiger charge is 2.39. The van der Waals surface area contributed by atoms with Gasteiger partial charge in [0.1, 0.15) is 0 Å². The van der Waals surface area contributed by atoms with E-state index in [1.54, 1.807) is 5.57 Å². The lowest BCUT2D eigenvalue weighted by Crippen LogP contribution is -1.89. The monoisotopic (exact) mass is 202 g/mol. The lowest BCUT2D eigenvalue weighted by atomic mass is 10.0. The van der Waals surface area contributed by atoms with E-state index in [0.717, 1.165) is 17.8 Å². The van der Waals surface area contributed by atoms with Gasteiger partial charge in [0.05, 0.1) is 0 Å². The Balaban J connectivity index is 2.06. The van der Waals surface area contributed by atoms with Crippen LogP contribution in [-0.2, 0) is 0 Å². The molecule has 0 amide bonds. The van der Waals surface area contributed by atoms with Crippen LogP contribution in [0.4, 0.5) is 0 Å². The molecular weight excluding hydrogens is 180 g/mol. The summed E-state index contributed by atoms with van der Waals surface area (Å²) >= 11 is 0. The average molecular weight is 202 g/mol. The first kappa shape index (κ1) is 10.7. The fraction of sp³-hybridized carbons (Fsp3) is 0.600. The van der Waals surface area contributed by atoms with E-state index in [-0.39, 0.29) is 0 Å². The van der Waals surface area contributed by atoms with Gasteiger partial charge in [-0.05, 0) is 37.2 Å². The number of hydrogen-bond acceptors (Lipinski definition) is 0. The number of rotatable bonds is 3. The third-order valence-electron chi connectivity index (χ3n) is 3.66. The maximum atomic E-state index is 2.41. The summed E-state index contributed by atoms with van der Waals surface area (Å²) in [5.74, 6) is 2.38. The largest absolute Gasteiger partial charge is 0.0765 e. The zero-order valence-corrected chi connectivity index (χ0v) is 10.4. The molecule has 2 rings (SSSR count). The molecule has 2 atom stereocenters. The molecule has 0 heterocycles. The van der Waals surface area contributed by atoms with Crippen molar-refractivity contribution in [2.45, 2.75) is 40.5 Å². The van der Waals surface area contributed by atoms with Crippen LogP contribution in [0.15, 0.2) is 34.9 Å². The smallest absolute Gasteiger partial charge is 0.00520 e. The number of hydrogen-bond donors (Lipinski definition) is 0. The van der Waals surface area contributed by atoms with Crippen molar-refractivity contribution in [3.8, 4) is 0 Å². The van der Waals surface area contributed by atoms with Gasteiger partial charge in [0.15, 0.2) is 0 Å². The van der Waals surface area contributed by atoms with Gasteiger partial charge in [-0.25, -0.2) is 0 Å². The first-order valence-corrected chi connectivity index (χ1v) is 6.19. The fourth-order valence-electron chi connectivity index (χ4n) is 2.56. The second kappa shape index (κ2) is 4.00. The highest BCUT2D eigenvalue weighted by Crippen LogP contribution is 2.50. The van der Waals surface area contributed by atoms with Crippen molar-refractivity contribution >= 4 is 0 Å². The van der Waals surface area contributed by atoms with Crippen molar-refractivity contribution in [1.82, 2.24) is 0 Å². The number of allylic oxidation sites excluding steroid dienone is 6. The SMILES string of the molecule is CC1=C2C(C)C2C=CC(CCC(C)C)=C1. The minimum atomic E-state index is 0.762. The van der Waals surface area contributed by atoms with E-state index >= 15 is 0 Å². The van der Waals surface area contributed by atoms with E-state index in [9.17, 15) is 0 Å². The molecule has 0 aliphatic heterocycles. The molecule has 0 bridgehead atoms. The van der Waals surface area contributed by atoms with Gasteiger partial charge in [-0.3, -0.25) is 0 Å². The lowest BCUT2D eigenvalue weighted by molar-refractivity contribution is 0.588. The Bertz CT molecular complexity index is 339. The van der Waals surface area contributed by atoms with Crippen LogP contribution in [0.2, 0.25) is 0 Å². The van der Waals surface area contributed by atoms with Crippen LogP contribution in [-0.4, -0.2) is 0 Å². The van der Waals surface area contributed by atoms with Crippen LogP contribution in [0.25, 0.3) is 0 Å². The highest BCUT2D eigenvalue weighted by molar-refractivity contribution is 5.48. The standard InChI is InChI=1S/C15H22/c1-10(2)5-6-13-7-8-14-12(4)15(14)11(3)9-13/h7-10,12,14H,5-6H2,1-4H3. The van der Waals surface area contributed by atoms with Crippen molar-refractivity contribution < 1.29 is 0 Å². The van der Waals surface area contributed by atoms with E-state index in [1.165, 1.54) is 24.0 Å². The van der Waals surface area contributed by atoms with Crippen molar-refractivity contribution in [2.75, 3.05) is 0 Å². The molecule has 2 aliphatic carbocycles. The zero-order chi connectivity index (χ0) is 11.0. The predicted molar refractivity (Wildman–Crippen MR) is 66.6 cm³/mol. The van der Waals surface area contributed by atoms with E-state index in [2.05, 4.69) is 45.9 Å². The molecule has 1 saturated carbocycles. The average Bonchev–Trinajstić information content (AvgIpc) is 2.83. The van der Waals surface area contributed by atoms with Crippen molar-refractivity contribution in [3.63, 3.8) is 0 Å². The molecule has 0 saturated heterocycles. The molecule has 2 aliphatic rings. The lowest BCUT2D eigenvalue weighted by Gasteiger charge is -2.05. The Morgan fingerprint density at radius 2 is 2.07 bits per heavy atom. The van der Waals surface area contributed by atoms with Crippen molar-refractivity contribution in [3.05, 3.63) is 34.9 Å². The third kappa shape index (κ3) is 2.25. The zero-order valence-electron chi connectivity index (χ0n) is 10.4. The molecule has 0 aromatic carbocycles. The summed E-state index contributed by atoms with van der Waals surface area (Å²) in [5.41, 5.74) is 4.72. The molecule has 0 nitrogen and oxygen atoms in total. The van der Waals surface area contributed by atoms with Crippen LogP contribution >= 0.6 is 0 Å². The van der Waals surface area contributed by atoms with Gasteiger partial charge in [0, 0.05) is 5.92 Å². The summed E-state index contributed by atoms with van der Waals surface area (Å²) in [6, 6.07) is 0. The second-order valence-corrected chi connectivity index (χ2v) is 5.46. The maximum Gasteiger partial charge on any atom is 0.00520 e. The summed E-state index contributed by atoms with van der Waals surface area (Å²) in [6.45, 7) is 9.20. The molecular formula is C15H22. The van der Waals surface area contributed by atoms with Crippen molar-refractivity contribution in [2.24, 2.45) is 17.8 Å². The van der Waals surface area contributed by atoms with Gasteiger partial charge in [0.25, 0.3) is 0 Å². The quantitative estimate of drug-likeness (QED) is 0.632. The van der Waals surface area contributed by atoms with E-state index in [1.807, 2.05) is 0 Å². The van der Waals surface area contributed by atoms with E-state index in [0.29, 0.717) is 0 Å². The summed E-state index contributed by atoms with van der Waals surface area (Å²) < 4.78 is 0. The van der Waals surface area contributed by atoms with Crippen LogP contribution in [0.3, 0.4) is 0 Å². The van der Waals surface area contributed by atoms with E-state index in [4.69, 9.17) is 0 Å². The molecule has 0 N–H and O–H groups in total. The van der Waals surface area contributed by atoms with Crippen LogP contribution in [0.5, 0.6) is 0 Å². The Morgan fingerprint density at radius 3 is 2.73 bits per heavy atom. The van der Waals surface area contributed by atoms with Crippen LogP contribution in [0.1, 0.15) is 40.5 Å². The molecule has 0 aromatic heterocycles. The molecule has 0 heteroatoms. The normalized spacial score (nSPS) is 29.0. The van der Waals surface area contributed by atoms with Crippen LogP contribution in [0, 0.1) is 17.8 Å². The molecule has 1 fully saturated rings. The fourth-order valence-corrected chi connectivity index (χ4v) is 2.56. The molecule has 0 radical (unpaired) electrons. The molecule has 82 valence electrons. The Morgan fingerprint density at radius 1 is 1.33 bits per heavy atom. The number of fused-ring (bicyclic) bond motifs is 1. The molecule has 15 heavy (non-hydrogen) atoms. The van der Waals surface area contributed by atoms with Gasteiger partial charge < -0.3 is 0 Å². The maximum absolute atomic E-state index is 2.41. The first-order valence-electron chi connectivity index (χ1n) is 6.19. The van der Waals surface area contributed by atoms with Gasteiger partial charge in [-0.2, -0.15) is 0 Å². The molecule has 2 unspecified atom stereocenters. The topological polar surface area (TPSA) is 0 Å².